The zero-order chi connectivity index (χ0) is 19.8. The number of hydrogen-bond donors (Lipinski definition) is 1. The third-order valence-electron chi connectivity index (χ3n) is 5.19. The Kier molecular flexibility index (Phi) is 5.10. The van der Waals surface area contributed by atoms with Gasteiger partial charge in [0, 0.05) is 31.1 Å². The molecule has 0 aliphatic carbocycles. The fraction of sp³-hybridized carbons (Fsp3) is 0.474. The van der Waals surface area contributed by atoms with Gasteiger partial charge in [0.1, 0.15) is 18.5 Å². The van der Waals surface area contributed by atoms with Crippen molar-refractivity contribution < 1.29 is 18.8 Å². The van der Waals surface area contributed by atoms with E-state index < -0.39 is 4.33 Å². The van der Waals surface area contributed by atoms with Gasteiger partial charge in [-0.2, -0.15) is 0 Å². The molecule has 0 amide bonds. The van der Waals surface area contributed by atoms with E-state index in [1.165, 1.54) is 11.4 Å². The molecule has 0 saturated carbocycles. The van der Waals surface area contributed by atoms with Crippen LogP contribution in [0.5, 0.6) is 0 Å². The normalized spacial score (nSPS) is 27.9. The van der Waals surface area contributed by atoms with Crippen LogP contribution in [0.1, 0.15) is 20.3 Å². The molecule has 10 heteroatoms. The number of rotatable bonds is 4. The molecule has 5 rings (SSSR count). The van der Waals surface area contributed by atoms with Gasteiger partial charge in [-0.3, -0.25) is 4.90 Å². The first-order chi connectivity index (χ1) is 14.2. The SMILES string of the molecule is CCC1=[N+]2N=C(OCN3CCOCC3)SC23SC(=Nc2ccccc2)N[N+]3=C1C. The molecular formula is C19H24N6O2S2+2. The molecule has 1 unspecified atom stereocenters. The lowest BCUT2D eigenvalue weighted by Gasteiger charge is -2.25. The van der Waals surface area contributed by atoms with E-state index in [0.717, 1.165) is 43.6 Å². The van der Waals surface area contributed by atoms with Crippen molar-refractivity contribution in [2.24, 2.45) is 10.1 Å². The quantitative estimate of drug-likeness (QED) is 0.736. The number of aliphatic imine (C=N–C) groups is 1. The van der Waals surface area contributed by atoms with Crippen LogP contribution in [0.2, 0.25) is 0 Å². The molecule has 4 aliphatic rings. The number of nitrogens with zero attached hydrogens (tertiary/aromatic N) is 5. The van der Waals surface area contributed by atoms with E-state index in [1.54, 1.807) is 23.5 Å². The van der Waals surface area contributed by atoms with Crippen LogP contribution in [0.4, 0.5) is 5.69 Å². The molecule has 2 saturated heterocycles. The van der Waals surface area contributed by atoms with Crippen molar-refractivity contribution in [1.82, 2.24) is 10.3 Å². The van der Waals surface area contributed by atoms with Crippen molar-refractivity contribution in [1.29, 1.82) is 0 Å². The number of ether oxygens (including phenoxy) is 2. The summed E-state index contributed by atoms with van der Waals surface area (Å²) in [7, 11) is 0. The van der Waals surface area contributed by atoms with Gasteiger partial charge in [0.15, 0.2) is 0 Å². The summed E-state index contributed by atoms with van der Waals surface area (Å²) in [6.45, 7) is 8.12. The standard InChI is InChI=1S/C19H23N6O2S2/c1-3-16-14(2)24-19(28-17(21-24)20-15-7-5-4-6-8-15)25(16)22-18(29-19)27-13-23-9-11-26-12-10-23/h4-8H,3,9-13H2,1-2H3/q+1/p+1. The summed E-state index contributed by atoms with van der Waals surface area (Å²) in [6, 6.07) is 10.00. The maximum Gasteiger partial charge on any atom is 0.522 e. The Hall–Kier alpha value is -1.88. The van der Waals surface area contributed by atoms with E-state index in [1.807, 2.05) is 30.3 Å². The minimum Gasteiger partial charge on any atom is -0.452 e. The molecule has 1 spiro atoms. The predicted octanol–water partition coefficient (Wildman–Crippen LogP) is 2.21. The van der Waals surface area contributed by atoms with Gasteiger partial charge in [-0.1, -0.05) is 25.1 Å². The number of hydrogen-bond acceptors (Lipinski definition) is 7. The van der Waals surface area contributed by atoms with E-state index in [0.29, 0.717) is 12.0 Å². The van der Waals surface area contributed by atoms with Crippen LogP contribution < -0.4 is 5.43 Å². The number of nitrogens with one attached hydrogen (secondary N) is 1. The molecule has 2 fully saturated rings. The number of para-hydroxylation sites is 1. The second kappa shape index (κ2) is 7.75. The Morgan fingerprint density at radius 1 is 1.28 bits per heavy atom. The third kappa shape index (κ3) is 3.37. The van der Waals surface area contributed by atoms with Gasteiger partial charge < -0.3 is 9.47 Å². The Balaban J connectivity index is 1.38. The molecule has 4 aliphatic heterocycles. The summed E-state index contributed by atoms with van der Waals surface area (Å²) in [5.74, 6) is 0. The van der Waals surface area contributed by atoms with Gasteiger partial charge in [0.2, 0.25) is 5.17 Å². The van der Waals surface area contributed by atoms with Crippen molar-refractivity contribution in [2.75, 3.05) is 33.0 Å². The van der Waals surface area contributed by atoms with Gasteiger partial charge in [-0.25, -0.2) is 4.99 Å². The molecule has 0 radical (unpaired) electrons. The number of amidine groups is 1. The van der Waals surface area contributed by atoms with Crippen LogP contribution in [0.25, 0.3) is 0 Å². The Bertz CT molecular complexity index is 939. The first-order valence-electron chi connectivity index (χ1n) is 9.80. The lowest BCUT2D eigenvalue weighted by Crippen LogP contribution is -2.40. The molecule has 0 aromatic heterocycles. The number of thioether (sulfide) groups is 2. The van der Waals surface area contributed by atoms with Gasteiger partial charge >= 0.3 is 9.56 Å². The molecule has 29 heavy (non-hydrogen) atoms. The number of benzene rings is 1. The smallest absolute Gasteiger partial charge is 0.452 e. The van der Waals surface area contributed by atoms with E-state index in [9.17, 15) is 0 Å². The Morgan fingerprint density at radius 3 is 2.83 bits per heavy atom. The summed E-state index contributed by atoms with van der Waals surface area (Å²) in [4.78, 5) is 7.02. The molecule has 1 aromatic rings. The maximum atomic E-state index is 6.07. The lowest BCUT2D eigenvalue weighted by atomic mass is 10.2. The van der Waals surface area contributed by atoms with Crippen molar-refractivity contribution in [3.63, 3.8) is 0 Å². The summed E-state index contributed by atoms with van der Waals surface area (Å²) < 4.78 is 15.3. The lowest BCUT2D eigenvalue weighted by molar-refractivity contribution is -0.766. The van der Waals surface area contributed by atoms with Crippen molar-refractivity contribution in [2.45, 2.75) is 24.6 Å². The van der Waals surface area contributed by atoms with Gasteiger partial charge in [0.25, 0.3) is 11.4 Å². The van der Waals surface area contributed by atoms with Crippen LogP contribution in [0.3, 0.4) is 0 Å². The highest BCUT2D eigenvalue weighted by Gasteiger charge is 2.74. The van der Waals surface area contributed by atoms with Crippen molar-refractivity contribution >= 4 is 51.0 Å². The molecule has 1 aromatic carbocycles. The summed E-state index contributed by atoms with van der Waals surface area (Å²) in [5, 5.41) is 6.37. The maximum absolute atomic E-state index is 6.07. The van der Waals surface area contributed by atoms with E-state index in [-0.39, 0.29) is 0 Å². The number of morpholine rings is 1. The largest absolute Gasteiger partial charge is 0.522 e. The first kappa shape index (κ1) is 19.1. The van der Waals surface area contributed by atoms with E-state index >= 15 is 0 Å². The molecular weight excluding hydrogens is 408 g/mol. The number of hydrazone groups is 2. The molecule has 8 nitrogen and oxygen atoms in total. The highest BCUT2D eigenvalue weighted by atomic mass is 32.2. The third-order valence-corrected chi connectivity index (χ3v) is 7.69. The first-order valence-corrected chi connectivity index (χ1v) is 11.4. The highest BCUT2D eigenvalue weighted by Crippen LogP contribution is 2.50. The molecule has 152 valence electrons. The minimum absolute atomic E-state index is 0.455. The van der Waals surface area contributed by atoms with Crippen LogP contribution in [0, 0.1) is 0 Å². The second-order valence-corrected chi connectivity index (χ2v) is 9.56. The topological polar surface area (TPSA) is 64.5 Å². The highest BCUT2D eigenvalue weighted by molar-refractivity contribution is 8.30. The zero-order valence-electron chi connectivity index (χ0n) is 16.5. The second-order valence-electron chi connectivity index (χ2n) is 7.02. The summed E-state index contributed by atoms with van der Waals surface area (Å²) in [6.07, 6.45) is 0.901. The van der Waals surface area contributed by atoms with Crippen LogP contribution in [-0.2, 0) is 9.47 Å². The fourth-order valence-electron chi connectivity index (χ4n) is 3.70. The van der Waals surface area contributed by atoms with Crippen LogP contribution in [-0.4, -0.2) is 73.5 Å². The van der Waals surface area contributed by atoms with Crippen molar-refractivity contribution in [3.8, 4) is 0 Å². The Morgan fingerprint density at radius 2 is 2.07 bits per heavy atom. The molecule has 4 heterocycles. The molecule has 0 bridgehead atoms. The van der Waals surface area contributed by atoms with Gasteiger partial charge in [-0.15, -0.1) is 5.43 Å². The fourth-order valence-corrected chi connectivity index (χ4v) is 6.35. The number of hydrazine groups is 1. The van der Waals surface area contributed by atoms with Crippen LogP contribution >= 0.6 is 23.5 Å². The van der Waals surface area contributed by atoms with Gasteiger partial charge in [-0.05, 0) is 16.8 Å². The monoisotopic (exact) mass is 432 g/mol. The zero-order valence-corrected chi connectivity index (χ0v) is 18.1. The summed E-state index contributed by atoms with van der Waals surface area (Å²) >= 11 is 3.29. The van der Waals surface area contributed by atoms with Crippen molar-refractivity contribution in [3.05, 3.63) is 30.3 Å². The predicted molar refractivity (Wildman–Crippen MR) is 117 cm³/mol. The Labute approximate surface area is 178 Å². The average molecular weight is 433 g/mol. The van der Waals surface area contributed by atoms with E-state index in [2.05, 4.69) is 33.5 Å². The molecule has 1 atom stereocenters. The minimum atomic E-state index is -0.455. The van der Waals surface area contributed by atoms with E-state index in [4.69, 9.17) is 19.6 Å². The van der Waals surface area contributed by atoms with Gasteiger partial charge in [0.05, 0.1) is 35.8 Å². The summed E-state index contributed by atoms with van der Waals surface area (Å²) in [5.41, 5.74) is 6.77. The average Bonchev–Trinajstić information content (AvgIpc) is 3.34. The van der Waals surface area contributed by atoms with Crippen LogP contribution in [0.15, 0.2) is 40.4 Å². The molecule has 1 N–H and O–H groups in total.